The number of rotatable bonds is 7. The molecule has 0 amide bonds. The van der Waals surface area contributed by atoms with Gasteiger partial charge in [-0.15, -0.1) is 0 Å². The van der Waals surface area contributed by atoms with Gasteiger partial charge in [0, 0.05) is 19.0 Å². The second-order valence-corrected chi connectivity index (χ2v) is 5.69. The van der Waals surface area contributed by atoms with Gasteiger partial charge in [0.05, 0.1) is 6.10 Å². The first-order valence-electron chi connectivity index (χ1n) is 7.25. The number of nitrogens with two attached hydrogens (primary N) is 1. The molecule has 0 fully saturated rings. The Labute approximate surface area is 122 Å². The van der Waals surface area contributed by atoms with Crippen LogP contribution in [0.1, 0.15) is 38.7 Å². The van der Waals surface area contributed by atoms with Crippen molar-refractivity contribution in [1.29, 1.82) is 0 Å². The third-order valence-corrected chi connectivity index (χ3v) is 3.05. The molecule has 1 aromatic carbocycles. The molecular weight excluding hydrogens is 250 g/mol. The molecule has 0 radical (unpaired) electrons. The van der Waals surface area contributed by atoms with Crippen LogP contribution in [-0.2, 0) is 0 Å². The van der Waals surface area contributed by atoms with Crippen LogP contribution in [0.15, 0.2) is 35.3 Å². The Kier molecular flexibility index (Phi) is 7.09. The van der Waals surface area contributed by atoms with Gasteiger partial charge in [0.2, 0.25) is 0 Å². The van der Waals surface area contributed by atoms with E-state index in [1.807, 2.05) is 25.1 Å². The summed E-state index contributed by atoms with van der Waals surface area (Å²) in [5, 5.41) is 12.8. The summed E-state index contributed by atoms with van der Waals surface area (Å²) in [6.45, 7) is 7.44. The first-order chi connectivity index (χ1) is 9.49. The Morgan fingerprint density at radius 2 is 1.90 bits per heavy atom. The molecule has 0 aromatic heterocycles. The Bertz CT molecular complexity index is 401. The van der Waals surface area contributed by atoms with E-state index in [4.69, 9.17) is 5.73 Å². The summed E-state index contributed by atoms with van der Waals surface area (Å²) >= 11 is 0. The zero-order valence-electron chi connectivity index (χ0n) is 12.7. The average molecular weight is 277 g/mol. The van der Waals surface area contributed by atoms with E-state index in [1.54, 1.807) is 0 Å². The van der Waals surface area contributed by atoms with Gasteiger partial charge in [-0.3, -0.25) is 4.99 Å². The van der Waals surface area contributed by atoms with E-state index < -0.39 is 0 Å². The van der Waals surface area contributed by atoms with E-state index >= 15 is 0 Å². The standard InChI is InChI=1S/C16H27N3O/c1-12(2)10-18-16(17)19-11-15(9-13(3)20)14-7-5-4-6-8-14/h4-8,12-13,15,20H,9-11H2,1-3H3,(H3,17,18,19). The molecule has 0 spiro atoms. The quantitative estimate of drug-likeness (QED) is 0.528. The van der Waals surface area contributed by atoms with Crippen LogP contribution in [0.2, 0.25) is 0 Å². The van der Waals surface area contributed by atoms with E-state index in [0.29, 0.717) is 24.8 Å². The Hall–Kier alpha value is -1.55. The molecular formula is C16H27N3O. The van der Waals surface area contributed by atoms with Crippen molar-refractivity contribution in [1.82, 2.24) is 5.32 Å². The third kappa shape index (κ3) is 6.57. The second kappa shape index (κ2) is 8.59. The van der Waals surface area contributed by atoms with E-state index in [2.05, 4.69) is 36.3 Å². The zero-order chi connectivity index (χ0) is 15.0. The van der Waals surface area contributed by atoms with Crippen LogP contribution >= 0.6 is 0 Å². The fraction of sp³-hybridized carbons (Fsp3) is 0.562. The second-order valence-electron chi connectivity index (χ2n) is 5.69. The van der Waals surface area contributed by atoms with Crippen molar-refractivity contribution in [2.45, 2.75) is 39.2 Å². The van der Waals surface area contributed by atoms with Crippen molar-refractivity contribution in [3.8, 4) is 0 Å². The first kappa shape index (κ1) is 16.5. The highest BCUT2D eigenvalue weighted by Crippen LogP contribution is 2.20. The van der Waals surface area contributed by atoms with E-state index in [0.717, 1.165) is 6.54 Å². The van der Waals surface area contributed by atoms with Crippen LogP contribution in [0.3, 0.4) is 0 Å². The first-order valence-corrected chi connectivity index (χ1v) is 7.25. The van der Waals surface area contributed by atoms with Gasteiger partial charge >= 0.3 is 0 Å². The molecule has 1 rings (SSSR count). The molecule has 0 aliphatic carbocycles. The van der Waals surface area contributed by atoms with E-state index in [1.165, 1.54) is 5.56 Å². The minimum absolute atomic E-state index is 0.226. The molecule has 1 aromatic rings. The van der Waals surface area contributed by atoms with Gasteiger partial charge in [-0.1, -0.05) is 44.2 Å². The summed E-state index contributed by atoms with van der Waals surface area (Å²) in [5.41, 5.74) is 7.06. The number of nitrogens with one attached hydrogen (secondary N) is 1. The van der Waals surface area contributed by atoms with Crippen molar-refractivity contribution in [2.24, 2.45) is 16.6 Å². The zero-order valence-corrected chi connectivity index (χ0v) is 12.7. The predicted molar refractivity (Wildman–Crippen MR) is 84.8 cm³/mol. The highest BCUT2D eigenvalue weighted by molar-refractivity contribution is 5.77. The van der Waals surface area contributed by atoms with E-state index in [9.17, 15) is 5.11 Å². The highest BCUT2D eigenvalue weighted by atomic mass is 16.3. The number of guanidine groups is 1. The lowest BCUT2D eigenvalue weighted by Crippen LogP contribution is -2.35. The summed E-state index contributed by atoms with van der Waals surface area (Å²) in [5.74, 6) is 1.20. The summed E-state index contributed by atoms with van der Waals surface area (Å²) < 4.78 is 0. The topological polar surface area (TPSA) is 70.6 Å². The normalized spacial score (nSPS) is 15.2. The molecule has 0 bridgehead atoms. The number of aliphatic hydroxyl groups excluding tert-OH is 1. The van der Waals surface area contributed by atoms with Crippen LogP contribution in [0.5, 0.6) is 0 Å². The number of nitrogens with zero attached hydrogens (tertiary/aromatic N) is 1. The molecule has 20 heavy (non-hydrogen) atoms. The van der Waals surface area contributed by atoms with Crippen LogP contribution in [-0.4, -0.2) is 30.3 Å². The van der Waals surface area contributed by atoms with Gasteiger partial charge in [-0.05, 0) is 24.8 Å². The highest BCUT2D eigenvalue weighted by Gasteiger charge is 2.14. The molecule has 4 N–H and O–H groups in total. The van der Waals surface area contributed by atoms with Crippen LogP contribution < -0.4 is 11.1 Å². The van der Waals surface area contributed by atoms with Crippen molar-refractivity contribution < 1.29 is 5.11 Å². The molecule has 0 heterocycles. The van der Waals surface area contributed by atoms with Crippen LogP contribution in [0, 0.1) is 5.92 Å². The summed E-state index contributed by atoms with van der Waals surface area (Å²) in [6.07, 6.45) is 0.366. The molecule has 0 saturated carbocycles. The number of hydrogen-bond acceptors (Lipinski definition) is 2. The van der Waals surface area contributed by atoms with Gasteiger partial charge in [0.15, 0.2) is 5.96 Å². The monoisotopic (exact) mass is 277 g/mol. The number of benzene rings is 1. The SMILES string of the molecule is CC(C)CN=C(N)NCC(CC(C)O)c1ccccc1. The predicted octanol–water partition coefficient (Wildman–Crippen LogP) is 2.10. The van der Waals surface area contributed by atoms with Crippen molar-refractivity contribution in [3.05, 3.63) is 35.9 Å². The van der Waals surface area contributed by atoms with Gasteiger partial charge in [-0.2, -0.15) is 0 Å². The van der Waals surface area contributed by atoms with Gasteiger partial charge in [0.25, 0.3) is 0 Å². The molecule has 2 atom stereocenters. The van der Waals surface area contributed by atoms with Gasteiger partial charge in [-0.25, -0.2) is 0 Å². The maximum Gasteiger partial charge on any atom is 0.188 e. The Balaban J connectivity index is 2.60. The maximum absolute atomic E-state index is 9.64. The number of aliphatic hydroxyl groups is 1. The van der Waals surface area contributed by atoms with Gasteiger partial charge < -0.3 is 16.2 Å². The lowest BCUT2D eigenvalue weighted by Gasteiger charge is -2.20. The Morgan fingerprint density at radius 1 is 1.25 bits per heavy atom. The summed E-state index contributed by atoms with van der Waals surface area (Å²) in [4.78, 5) is 4.29. The molecule has 0 saturated heterocycles. The molecule has 2 unspecified atom stereocenters. The number of hydrogen-bond donors (Lipinski definition) is 3. The van der Waals surface area contributed by atoms with Crippen molar-refractivity contribution in [3.63, 3.8) is 0 Å². The minimum Gasteiger partial charge on any atom is -0.393 e. The molecule has 112 valence electrons. The lowest BCUT2D eigenvalue weighted by atomic mass is 9.93. The maximum atomic E-state index is 9.64. The summed E-state index contributed by atoms with van der Waals surface area (Å²) in [6, 6.07) is 10.2. The molecule has 4 nitrogen and oxygen atoms in total. The smallest absolute Gasteiger partial charge is 0.188 e. The fourth-order valence-corrected chi connectivity index (χ4v) is 2.04. The van der Waals surface area contributed by atoms with E-state index in [-0.39, 0.29) is 12.0 Å². The molecule has 0 aliphatic rings. The fourth-order valence-electron chi connectivity index (χ4n) is 2.04. The summed E-state index contributed by atoms with van der Waals surface area (Å²) in [7, 11) is 0. The van der Waals surface area contributed by atoms with Crippen molar-refractivity contribution >= 4 is 5.96 Å². The average Bonchev–Trinajstić information content (AvgIpc) is 2.41. The minimum atomic E-state index is -0.337. The van der Waals surface area contributed by atoms with Crippen LogP contribution in [0.25, 0.3) is 0 Å². The van der Waals surface area contributed by atoms with Crippen molar-refractivity contribution in [2.75, 3.05) is 13.1 Å². The lowest BCUT2D eigenvalue weighted by molar-refractivity contribution is 0.174. The number of aliphatic imine (C=N–C) groups is 1. The third-order valence-electron chi connectivity index (χ3n) is 3.05. The molecule has 4 heteroatoms. The van der Waals surface area contributed by atoms with Gasteiger partial charge in [0.1, 0.15) is 0 Å². The molecule has 0 aliphatic heterocycles. The largest absolute Gasteiger partial charge is 0.393 e. The Morgan fingerprint density at radius 3 is 2.45 bits per heavy atom. The van der Waals surface area contributed by atoms with Crippen LogP contribution in [0.4, 0.5) is 0 Å².